The first-order valence-corrected chi connectivity index (χ1v) is 7.51. The third-order valence-corrected chi connectivity index (χ3v) is 2.93. The summed E-state index contributed by atoms with van der Waals surface area (Å²) in [7, 11) is 0. The first-order valence-electron chi connectivity index (χ1n) is 7.51. The SMILES string of the molecule is CCOC(=O)C(C1=NCCN1C(=O)OC(C)(C)C)=C(N)C(F)(F)C=O. The minimum Gasteiger partial charge on any atom is -0.462 e. The molecule has 1 rings (SSSR count). The van der Waals surface area contributed by atoms with Crippen molar-refractivity contribution in [3.05, 3.63) is 11.3 Å². The van der Waals surface area contributed by atoms with Gasteiger partial charge in [-0.3, -0.25) is 14.7 Å². The number of carbonyl (C=O) groups excluding carboxylic acids is 3. The average molecular weight is 361 g/mol. The van der Waals surface area contributed by atoms with Crippen LogP contribution in [-0.2, 0) is 19.1 Å². The lowest BCUT2D eigenvalue weighted by Gasteiger charge is -2.26. The summed E-state index contributed by atoms with van der Waals surface area (Å²) in [5, 5.41) is 0. The van der Waals surface area contributed by atoms with Crippen LogP contribution in [0.2, 0.25) is 0 Å². The first kappa shape index (κ1) is 20.5. The van der Waals surface area contributed by atoms with Crippen molar-refractivity contribution in [3.8, 4) is 0 Å². The Morgan fingerprint density at radius 1 is 1.36 bits per heavy atom. The summed E-state index contributed by atoms with van der Waals surface area (Å²) in [6, 6.07) is 0. The number of amidine groups is 1. The van der Waals surface area contributed by atoms with Gasteiger partial charge in [0.1, 0.15) is 22.7 Å². The van der Waals surface area contributed by atoms with Crippen molar-refractivity contribution >= 4 is 24.2 Å². The third-order valence-electron chi connectivity index (χ3n) is 2.93. The molecule has 1 heterocycles. The summed E-state index contributed by atoms with van der Waals surface area (Å²) in [5.74, 6) is -5.74. The van der Waals surface area contributed by atoms with E-state index in [4.69, 9.17) is 15.2 Å². The van der Waals surface area contributed by atoms with Crippen LogP contribution in [-0.4, -0.2) is 60.3 Å². The van der Waals surface area contributed by atoms with E-state index in [1.54, 1.807) is 20.8 Å². The molecule has 0 atom stereocenters. The van der Waals surface area contributed by atoms with Crippen LogP contribution in [0.3, 0.4) is 0 Å². The normalized spacial score (nSPS) is 16.1. The summed E-state index contributed by atoms with van der Waals surface area (Å²) in [6.45, 7) is 6.26. The van der Waals surface area contributed by atoms with Crippen LogP contribution in [0.5, 0.6) is 0 Å². The van der Waals surface area contributed by atoms with Crippen LogP contribution >= 0.6 is 0 Å². The van der Waals surface area contributed by atoms with Crippen LogP contribution in [0.4, 0.5) is 13.6 Å². The molecule has 2 N–H and O–H groups in total. The Kier molecular flexibility index (Phi) is 6.22. The maximum Gasteiger partial charge on any atom is 0.416 e. The van der Waals surface area contributed by atoms with Gasteiger partial charge in [-0.15, -0.1) is 0 Å². The number of aldehydes is 1. The Morgan fingerprint density at radius 3 is 2.44 bits per heavy atom. The predicted molar refractivity (Wildman–Crippen MR) is 84.1 cm³/mol. The number of hydrogen-bond acceptors (Lipinski definition) is 7. The highest BCUT2D eigenvalue weighted by Gasteiger charge is 2.42. The molecule has 0 aromatic carbocycles. The summed E-state index contributed by atoms with van der Waals surface area (Å²) in [5.41, 5.74) is 2.33. The fourth-order valence-electron chi connectivity index (χ4n) is 1.91. The molecule has 25 heavy (non-hydrogen) atoms. The van der Waals surface area contributed by atoms with Crippen molar-refractivity contribution in [2.24, 2.45) is 10.7 Å². The van der Waals surface area contributed by atoms with E-state index < -0.39 is 47.0 Å². The van der Waals surface area contributed by atoms with Gasteiger partial charge in [0.2, 0.25) is 0 Å². The van der Waals surface area contributed by atoms with Crippen LogP contribution in [0.1, 0.15) is 27.7 Å². The number of aliphatic imine (C=N–C) groups is 1. The number of allylic oxidation sites excluding steroid dienone is 1. The highest BCUT2D eigenvalue weighted by molar-refractivity contribution is 6.23. The molecule has 0 radical (unpaired) electrons. The van der Waals surface area contributed by atoms with Gasteiger partial charge in [0, 0.05) is 0 Å². The van der Waals surface area contributed by atoms with Gasteiger partial charge in [0.25, 0.3) is 0 Å². The Hall–Kier alpha value is -2.52. The van der Waals surface area contributed by atoms with E-state index in [0.29, 0.717) is 0 Å². The Bertz CT molecular complexity index is 623. The zero-order valence-corrected chi connectivity index (χ0v) is 14.5. The van der Waals surface area contributed by atoms with E-state index in [0.717, 1.165) is 4.90 Å². The molecule has 1 aliphatic rings. The van der Waals surface area contributed by atoms with Crippen LogP contribution in [0.25, 0.3) is 0 Å². The van der Waals surface area contributed by atoms with Gasteiger partial charge in [0.15, 0.2) is 6.29 Å². The molecule has 0 bridgehead atoms. The van der Waals surface area contributed by atoms with Gasteiger partial charge in [0.05, 0.1) is 19.7 Å². The number of esters is 1. The number of hydrogen-bond donors (Lipinski definition) is 1. The molecule has 0 unspecified atom stereocenters. The minimum atomic E-state index is -4.12. The van der Waals surface area contributed by atoms with E-state index in [1.165, 1.54) is 6.92 Å². The molecule has 140 valence electrons. The monoisotopic (exact) mass is 361 g/mol. The van der Waals surface area contributed by atoms with E-state index >= 15 is 0 Å². The lowest BCUT2D eigenvalue weighted by atomic mass is 10.1. The number of rotatable bonds is 5. The van der Waals surface area contributed by atoms with Gasteiger partial charge in [-0.1, -0.05) is 0 Å². The Morgan fingerprint density at radius 2 is 1.96 bits per heavy atom. The molecule has 1 amide bonds. The molecule has 10 heteroatoms. The minimum absolute atomic E-state index is 0.00704. The van der Waals surface area contributed by atoms with Crippen LogP contribution in [0.15, 0.2) is 16.3 Å². The van der Waals surface area contributed by atoms with Gasteiger partial charge in [-0.05, 0) is 27.7 Å². The number of halogens is 2. The van der Waals surface area contributed by atoms with Gasteiger partial charge < -0.3 is 15.2 Å². The zero-order chi connectivity index (χ0) is 19.4. The second kappa shape index (κ2) is 7.58. The molecule has 0 aromatic rings. The fraction of sp³-hybridized carbons (Fsp3) is 0.600. The molecule has 0 aliphatic carbocycles. The van der Waals surface area contributed by atoms with Gasteiger partial charge >= 0.3 is 18.0 Å². The van der Waals surface area contributed by atoms with E-state index in [1.807, 2.05) is 0 Å². The van der Waals surface area contributed by atoms with Gasteiger partial charge in [-0.25, -0.2) is 9.59 Å². The number of alkyl halides is 2. The molecule has 1 aliphatic heterocycles. The maximum atomic E-state index is 13.7. The molecular formula is C15H21F2N3O5. The maximum absolute atomic E-state index is 13.7. The highest BCUT2D eigenvalue weighted by Crippen LogP contribution is 2.25. The van der Waals surface area contributed by atoms with Crippen molar-refractivity contribution in [3.63, 3.8) is 0 Å². The smallest absolute Gasteiger partial charge is 0.416 e. The second-order valence-electron chi connectivity index (χ2n) is 6.09. The van der Waals surface area contributed by atoms with Crippen molar-refractivity contribution in [1.29, 1.82) is 0 Å². The number of amides is 1. The number of nitrogens with two attached hydrogens (primary N) is 1. The average Bonchev–Trinajstić information content (AvgIpc) is 2.95. The topological polar surface area (TPSA) is 111 Å². The summed E-state index contributed by atoms with van der Waals surface area (Å²) in [4.78, 5) is 39.8. The summed E-state index contributed by atoms with van der Waals surface area (Å²) >= 11 is 0. The number of ether oxygens (including phenoxy) is 2. The lowest BCUT2D eigenvalue weighted by molar-refractivity contribution is -0.138. The number of nitrogens with zero attached hydrogens (tertiary/aromatic N) is 2. The first-order chi connectivity index (χ1) is 11.4. The van der Waals surface area contributed by atoms with Crippen molar-refractivity contribution in [2.75, 3.05) is 19.7 Å². The van der Waals surface area contributed by atoms with E-state index in [-0.39, 0.29) is 19.7 Å². The second-order valence-corrected chi connectivity index (χ2v) is 6.09. The lowest BCUT2D eigenvalue weighted by Crippen LogP contribution is -2.43. The standard InChI is InChI=1S/C15H21F2N3O5/c1-5-24-12(22)9(10(18)15(16,17)8-21)11-19-6-7-20(11)13(23)25-14(2,3)4/h8H,5-7,18H2,1-4H3. The highest BCUT2D eigenvalue weighted by atomic mass is 19.3. The van der Waals surface area contributed by atoms with Crippen molar-refractivity contribution in [1.82, 2.24) is 4.90 Å². The predicted octanol–water partition coefficient (Wildman–Crippen LogP) is 1.25. The number of carbonyl (C=O) groups is 3. The molecule has 8 nitrogen and oxygen atoms in total. The zero-order valence-electron chi connectivity index (χ0n) is 14.5. The Balaban J connectivity index is 3.35. The van der Waals surface area contributed by atoms with Crippen LogP contribution < -0.4 is 5.73 Å². The summed E-state index contributed by atoms with van der Waals surface area (Å²) in [6.07, 6.45) is -1.58. The third kappa shape index (κ3) is 4.97. The largest absolute Gasteiger partial charge is 0.462 e. The Labute approximate surface area is 143 Å². The molecule has 0 aromatic heterocycles. The molecular weight excluding hydrogens is 340 g/mol. The van der Waals surface area contributed by atoms with Crippen molar-refractivity contribution < 1.29 is 32.6 Å². The van der Waals surface area contributed by atoms with Crippen LogP contribution in [0, 0.1) is 0 Å². The summed E-state index contributed by atoms with van der Waals surface area (Å²) < 4.78 is 37.3. The quantitative estimate of drug-likeness (QED) is 0.448. The van der Waals surface area contributed by atoms with E-state index in [9.17, 15) is 23.2 Å². The molecule has 0 saturated heterocycles. The van der Waals surface area contributed by atoms with E-state index in [2.05, 4.69) is 4.99 Å². The molecule has 0 fully saturated rings. The molecule has 0 saturated carbocycles. The van der Waals surface area contributed by atoms with Crippen molar-refractivity contribution in [2.45, 2.75) is 39.2 Å². The fourth-order valence-corrected chi connectivity index (χ4v) is 1.91. The van der Waals surface area contributed by atoms with Gasteiger partial charge in [-0.2, -0.15) is 8.78 Å². The molecule has 0 spiro atoms.